The van der Waals surface area contributed by atoms with Gasteiger partial charge in [0.25, 0.3) is 0 Å². The maximum Gasteiger partial charge on any atom is 0.303 e. The summed E-state index contributed by atoms with van der Waals surface area (Å²) in [6.07, 6.45) is 0.154. The van der Waals surface area contributed by atoms with Crippen LogP contribution in [0, 0.1) is 32.6 Å². The van der Waals surface area contributed by atoms with Crippen LogP contribution in [-0.4, -0.2) is 17.7 Å². The SMILES string of the molecule is Cc1cc(C)c(OCC(CC(=O)O)C(C)C)cc1C. The van der Waals surface area contributed by atoms with Gasteiger partial charge in [0.05, 0.1) is 13.0 Å². The molecule has 0 saturated carbocycles. The third-order valence-corrected chi connectivity index (χ3v) is 3.62. The molecule has 0 spiro atoms. The number of rotatable bonds is 6. The standard InChI is InChI=1S/C16H24O3/c1-10(2)14(8-16(17)18)9-19-15-7-12(4)11(3)6-13(15)5/h6-7,10,14H,8-9H2,1-5H3,(H,17,18). The fourth-order valence-corrected chi connectivity index (χ4v) is 2.00. The smallest absolute Gasteiger partial charge is 0.303 e. The fourth-order valence-electron chi connectivity index (χ4n) is 2.00. The van der Waals surface area contributed by atoms with E-state index in [0.717, 1.165) is 11.3 Å². The normalized spacial score (nSPS) is 12.5. The Morgan fingerprint density at radius 3 is 2.26 bits per heavy atom. The molecular weight excluding hydrogens is 240 g/mol. The third kappa shape index (κ3) is 4.58. The van der Waals surface area contributed by atoms with Crippen molar-refractivity contribution in [3.8, 4) is 5.75 Å². The summed E-state index contributed by atoms with van der Waals surface area (Å²) < 4.78 is 5.83. The highest BCUT2D eigenvalue weighted by Gasteiger charge is 2.18. The van der Waals surface area contributed by atoms with Crippen molar-refractivity contribution in [1.29, 1.82) is 0 Å². The van der Waals surface area contributed by atoms with E-state index in [0.29, 0.717) is 12.5 Å². The lowest BCUT2D eigenvalue weighted by atomic mass is 9.93. The number of carboxylic acids is 1. The van der Waals surface area contributed by atoms with Gasteiger partial charge in [0.2, 0.25) is 0 Å². The van der Waals surface area contributed by atoms with Crippen molar-refractivity contribution in [2.45, 2.75) is 41.0 Å². The molecule has 0 saturated heterocycles. The highest BCUT2D eigenvalue weighted by atomic mass is 16.5. The summed E-state index contributed by atoms with van der Waals surface area (Å²) >= 11 is 0. The molecule has 0 aliphatic carbocycles. The fraction of sp³-hybridized carbons (Fsp3) is 0.562. The summed E-state index contributed by atoms with van der Waals surface area (Å²) in [5, 5.41) is 8.91. The molecule has 1 atom stereocenters. The van der Waals surface area contributed by atoms with Crippen molar-refractivity contribution >= 4 is 5.97 Å². The van der Waals surface area contributed by atoms with Crippen LogP contribution in [0.4, 0.5) is 0 Å². The molecule has 0 fully saturated rings. The van der Waals surface area contributed by atoms with Crippen molar-refractivity contribution in [2.75, 3.05) is 6.61 Å². The number of carbonyl (C=O) groups is 1. The van der Waals surface area contributed by atoms with Gasteiger partial charge in [0.1, 0.15) is 5.75 Å². The molecule has 0 radical (unpaired) electrons. The lowest BCUT2D eigenvalue weighted by Crippen LogP contribution is -2.21. The number of benzene rings is 1. The number of hydrogen-bond acceptors (Lipinski definition) is 2. The van der Waals surface area contributed by atoms with E-state index < -0.39 is 5.97 Å². The van der Waals surface area contributed by atoms with Crippen LogP contribution >= 0.6 is 0 Å². The van der Waals surface area contributed by atoms with Crippen LogP contribution in [0.3, 0.4) is 0 Å². The summed E-state index contributed by atoms with van der Waals surface area (Å²) in [6, 6.07) is 4.13. The van der Waals surface area contributed by atoms with E-state index >= 15 is 0 Å². The molecule has 0 amide bonds. The Labute approximate surface area is 115 Å². The topological polar surface area (TPSA) is 46.5 Å². The molecule has 1 unspecified atom stereocenters. The van der Waals surface area contributed by atoms with E-state index in [2.05, 4.69) is 19.9 Å². The second-order valence-corrected chi connectivity index (χ2v) is 5.61. The number of carboxylic acid groups (broad SMARTS) is 1. The Morgan fingerprint density at radius 1 is 1.16 bits per heavy atom. The Balaban J connectivity index is 2.74. The van der Waals surface area contributed by atoms with Crippen LogP contribution in [0.15, 0.2) is 12.1 Å². The monoisotopic (exact) mass is 264 g/mol. The van der Waals surface area contributed by atoms with Gasteiger partial charge in [-0.15, -0.1) is 0 Å². The zero-order chi connectivity index (χ0) is 14.6. The molecule has 3 nitrogen and oxygen atoms in total. The molecule has 0 aliphatic heterocycles. The van der Waals surface area contributed by atoms with Crippen LogP contribution in [0.25, 0.3) is 0 Å². The molecule has 1 N–H and O–H groups in total. The summed E-state index contributed by atoms with van der Waals surface area (Å²) in [5.41, 5.74) is 3.54. The predicted octanol–water partition coefficient (Wildman–Crippen LogP) is 3.74. The summed E-state index contributed by atoms with van der Waals surface area (Å²) in [4.78, 5) is 10.8. The van der Waals surface area contributed by atoms with Gasteiger partial charge in [-0.1, -0.05) is 19.9 Å². The van der Waals surface area contributed by atoms with Crippen LogP contribution in [0.1, 0.15) is 37.0 Å². The number of ether oxygens (including phenoxy) is 1. The predicted molar refractivity (Wildman–Crippen MR) is 76.7 cm³/mol. The summed E-state index contributed by atoms with van der Waals surface area (Å²) in [5.74, 6) is 0.430. The minimum absolute atomic E-state index is 0.0403. The maximum absolute atomic E-state index is 10.8. The van der Waals surface area contributed by atoms with Gasteiger partial charge >= 0.3 is 5.97 Å². The van der Waals surface area contributed by atoms with E-state index in [1.165, 1.54) is 11.1 Å². The van der Waals surface area contributed by atoms with E-state index in [4.69, 9.17) is 9.84 Å². The number of aryl methyl sites for hydroxylation is 3. The average molecular weight is 264 g/mol. The van der Waals surface area contributed by atoms with Crippen LogP contribution < -0.4 is 4.74 Å². The Bertz CT molecular complexity index is 450. The first kappa shape index (κ1) is 15.5. The van der Waals surface area contributed by atoms with E-state index in [1.54, 1.807) is 0 Å². The minimum atomic E-state index is -0.765. The Hall–Kier alpha value is -1.51. The van der Waals surface area contributed by atoms with Gasteiger partial charge in [0, 0.05) is 5.92 Å². The van der Waals surface area contributed by atoms with Crippen molar-refractivity contribution in [1.82, 2.24) is 0 Å². The molecule has 19 heavy (non-hydrogen) atoms. The van der Waals surface area contributed by atoms with Crippen LogP contribution in [0.2, 0.25) is 0 Å². The van der Waals surface area contributed by atoms with Crippen molar-refractivity contribution in [3.63, 3.8) is 0 Å². The highest BCUT2D eigenvalue weighted by Crippen LogP contribution is 2.24. The van der Waals surface area contributed by atoms with Crippen LogP contribution in [0.5, 0.6) is 5.75 Å². The lowest BCUT2D eigenvalue weighted by molar-refractivity contribution is -0.138. The molecular formula is C16H24O3. The largest absolute Gasteiger partial charge is 0.493 e. The minimum Gasteiger partial charge on any atom is -0.493 e. The molecule has 1 aromatic carbocycles. The highest BCUT2D eigenvalue weighted by molar-refractivity contribution is 5.67. The van der Waals surface area contributed by atoms with E-state index in [9.17, 15) is 4.79 Å². The van der Waals surface area contributed by atoms with Crippen molar-refractivity contribution in [3.05, 3.63) is 28.8 Å². The molecule has 106 valence electrons. The Morgan fingerprint density at radius 2 is 1.74 bits per heavy atom. The van der Waals surface area contributed by atoms with Gasteiger partial charge in [-0.05, 0) is 49.4 Å². The first-order valence-electron chi connectivity index (χ1n) is 6.73. The molecule has 1 aromatic rings. The number of aliphatic carboxylic acids is 1. The van der Waals surface area contributed by atoms with Gasteiger partial charge in [-0.25, -0.2) is 0 Å². The quantitative estimate of drug-likeness (QED) is 0.851. The number of hydrogen-bond donors (Lipinski definition) is 1. The molecule has 0 aliphatic rings. The van der Waals surface area contributed by atoms with Crippen molar-refractivity contribution in [2.24, 2.45) is 11.8 Å². The van der Waals surface area contributed by atoms with Gasteiger partial charge in [0.15, 0.2) is 0 Å². The second-order valence-electron chi connectivity index (χ2n) is 5.61. The first-order chi connectivity index (χ1) is 8.81. The Kier molecular flexibility index (Phi) is 5.40. The molecule has 1 rings (SSSR count). The van der Waals surface area contributed by atoms with E-state index in [-0.39, 0.29) is 12.3 Å². The molecule has 0 aromatic heterocycles. The molecule has 0 heterocycles. The summed E-state index contributed by atoms with van der Waals surface area (Å²) in [7, 11) is 0. The van der Waals surface area contributed by atoms with Crippen LogP contribution in [-0.2, 0) is 4.79 Å². The zero-order valence-electron chi connectivity index (χ0n) is 12.5. The van der Waals surface area contributed by atoms with Crippen molar-refractivity contribution < 1.29 is 14.6 Å². The average Bonchev–Trinajstić information content (AvgIpc) is 2.29. The maximum atomic E-state index is 10.8. The summed E-state index contributed by atoms with van der Waals surface area (Å²) in [6.45, 7) is 10.7. The molecule has 0 bridgehead atoms. The lowest BCUT2D eigenvalue weighted by Gasteiger charge is -2.20. The molecule has 3 heteroatoms. The first-order valence-corrected chi connectivity index (χ1v) is 6.73. The third-order valence-electron chi connectivity index (χ3n) is 3.62. The van der Waals surface area contributed by atoms with Gasteiger partial charge in [-0.3, -0.25) is 4.79 Å². The van der Waals surface area contributed by atoms with Gasteiger partial charge in [-0.2, -0.15) is 0 Å². The zero-order valence-corrected chi connectivity index (χ0v) is 12.5. The van der Waals surface area contributed by atoms with Gasteiger partial charge < -0.3 is 9.84 Å². The second kappa shape index (κ2) is 6.60. The van der Waals surface area contributed by atoms with E-state index in [1.807, 2.05) is 26.8 Å².